The van der Waals surface area contributed by atoms with Crippen LogP contribution in [0.15, 0.2) is 60.7 Å². The van der Waals surface area contributed by atoms with Gasteiger partial charge in [-0.1, -0.05) is 95.5 Å². The number of carbonyl (C=O) groups excluding carboxylic acids is 1. The van der Waals surface area contributed by atoms with E-state index in [0.29, 0.717) is 0 Å². The SMILES string of the molecule is O=C(NC(c1ccccc1)c1ccccc1)C(Cl)(Cl)Cl. The van der Waals surface area contributed by atoms with Crippen molar-refractivity contribution < 1.29 is 4.79 Å². The minimum atomic E-state index is -1.98. The molecule has 0 aliphatic carbocycles. The smallest absolute Gasteiger partial charge is 0.272 e. The fraction of sp³-hybridized carbons (Fsp3) is 0.133. The van der Waals surface area contributed by atoms with Gasteiger partial charge in [-0.15, -0.1) is 0 Å². The number of alkyl halides is 3. The van der Waals surface area contributed by atoms with Gasteiger partial charge < -0.3 is 5.32 Å². The zero-order valence-corrected chi connectivity index (χ0v) is 12.7. The Morgan fingerprint density at radius 1 is 0.850 bits per heavy atom. The van der Waals surface area contributed by atoms with Crippen LogP contribution in [0.4, 0.5) is 0 Å². The Morgan fingerprint density at radius 3 is 1.60 bits per heavy atom. The van der Waals surface area contributed by atoms with E-state index in [1.807, 2.05) is 60.7 Å². The first-order chi connectivity index (χ1) is 9.48. The summed E-state index contributed by atoms with van der Waals surface area (Å²) < 4.78 is -1.98. The third-order valence-corrected chi connectivity index (χ3v) is 3.31. The van der Waals surface area contributed by atoms with E-state index in [2.05, 4.69) is 5.32 Å². The summed E-state index contributed by atoms with van der Waals surface area (Å²) in [6.45, 7) is 0. The van der Waals surface area contributed by atoms with Gasteiger partial charge in [0, 0.05) is 0 Å². The van der Waals surface area contributed by atoms with Gasteiger partial charge >= 0.3 is 0 Å². The molecule has 0 saturated heterocycles. The molecule has 0 radical (unpaired) electrons. The molecule has 2 aromatic carbocycles. The standard InChI is InChI=1S/C15H12Cl3NO/c16-15(17,18)14(20)19-13(11-7-3-1-4-8-11)12-9-5-2-6-10-12/h1-10,13H,(H,19,20). The summed E-state index contributed by atoms with van der Waals surface area (Å²) in [5, 5.41) is 2.75. The largest absolute Gasteiger partial charge is 0.341 e. The van der Waals surface area contributed by atoms with Crippen LogP contribution in [0.5, 0.6) is 0 Å². The minimum Gasteiger partial charge on any atom is -0.341 e. The van der Waals surface area contributed by atoms with E-state index in [1.165, 1.54) is 0 Å². The molecule has 0 bridgehead atoms. The summed E-state index contributed by atoms with van der Waals surface area (Å²) >= 11 is 16.9. The average molecular weight is 329 g/mol. The molecule has 2 aromatic rings. The Morgan fingerprint density at radius 2 is 1.25 bits per heavy atom. The van der Waals surface area contributed by atoms with Crippen molar-refractivity contribution in [2.24, 2.45) is 0 Å². The molecule has 1 N–H and O–H groups in total. The van der Waals surface area contributed by atoms with Crippen LogP contribution in [-0.4, -0.2) is 9.70 Å². The minimum absolute atomic E-state index is 0.361. The van der Waals surface area contributed by atoms with E-state index < -0.39 is 9.70 Å². The first-order valence-electron chi connectivity index (χ1n) is 5.96. The summed E-state index contributed by atoms with van der Waals surface area (Å²) in [4.78, 5) is 11.9. The van der Waals surface area contributed by atoms with Gasteiger partial charge in [0.1, 0.15) is 0 Å². The van der Waals surface area contributed by atoms with Crippen LogP contribution in [0.25, 0.3) is 0 Å². The van der Waals surface area contributed by atoms with Gasteiger partial charge in [-0.2, -0.15) is 0 Å². The van der Waals surface area contributed by atoms with Gasteiger partial charge in [0.25, 0.3) is 9.70 Å². The summed E-state index contributed by atoms with van der Waals surface area (Å²) in [6, 6.07) is 18.7. The van der Waals surface area contributed by atoms with Gasteiger partial charge in [-0.25, -0.2) is 0 Å². The van der Waals surface area contributed by atoms with E-state index in [1.54, 1.807) is 0 Å². The van der Waals surface area contributed by atoms with Gasteiger partial charge in [0.05, 0.1) is 6.04 Å². The van der Waals surface area contributed by atoms with Crippen molar-refractivity contribution in [3.8, 4) is 0 Å². The maximum absolute atomic E-state index is 11.9. The lowest BCUT2D eigenvalue weighted by Crippen LogP contribution is -2.37. The lowest BCUT2D eigenvalue weighted by Gasteiger charge is -2.22. The fourth-order valence-corrected chi connectivity index (χ4v) is 2.03. The highest BCUT2D eigenvalue weighted by Gasteiger charge is 2.32. The van der Waals surface area contributed by atoms with Crippen LogP contribution in [0.3, 0.4) is 0 Å². The molecular weight excluding hydrogens is 317 g/mol. The Hall–Kier alpha value is -1.22. The zero-order valence-electron chi connectivity index (χ0n) is 10.4. The van der Waals surface area contributed by atoms with Crippen LogP contribution in [0.2, 0.25) is 0 Å². The normalized spacial score (nSPS) is 11.4. The molecule has 0 saturated carbocycles. The molecule has 1 amide bonds. The second-order valence-electron chi connectivity index (χ2n) is 4.23. The molecule has 5 heteroatoms. The quantitative estimate of drug-likeness (QED) is 0.838. The van der Waals surface area contributed by atoms with Crippen LogP contribution in [0.1, 0.15) is 17.2 Å². The Bertz CT molecular complexity index is 527. The number of hydrogen-bond acceptors (Lipinski definition) is 1. The van der Waals surface area contributed by atoms with Crippen LogP contribution in [-0.2, 0) is 4.79 Å². The van der Waals surface area contributed by atoms with Crippen molar-refractivity contribution in [3.63, 3.8) is 0 Å². The van der Waals surface area contributed by atoms with Crippen molar-refractivity contribution in [3.05, 3.63) is 71.8 Å². The maximum Gasteiger partial charge on any atom is 0.272 e. The topological polar surface area (TPSA) is 29.1 Å². The molecule has 0 unspecified atom stereocenters. The van der Waals surface area contributed by atoms with E-state index in [0.717, 1.165) is 11.1 Å². The van der Waals surface area contributed by atoms with Crippen molar-refractivity contribution in [2.75, 3.05) is 0 Å². The maximum atomic E-state index is 11.9. The molecule has 0 fully saturated rings. The van der Waals surface area contributed by atoms with Gasteiger partial charge in [0.2, 0.25) is 0 Å². The van der Waals surface area contributed by atoms with E-state index in [4.69, 9.17) is 34.8 Å². The lowest BCUT2D eigenvalue weighted by molar-refractivity contribution is -0.120. The van der Waals surface area contributed by atoms with Crippen LogP contribution in [0, 0.1) is 0 Å². The second kappa shape index (κ2) is 6.49. The van der Waals surface area contributed by atoms with Crippen molar-refractivity contribution in [1.82, 2.24) is 5.32 Å². The molecule has 0 heterocycles. The summed E-state index contributed by atoms with van der Waals surface area (Å²) in [5.41, 5.74) is 1.84. The Balaban J connectivity index is 2.34. The molecule has 0 aromatic heterocycles. The molecule has 0 aliphatic heterocycles. The number of carbonyl (C=O) groups is 1. The molecule has 0 atom stereocenters. The Kier molecular flexibility index (Phi) is 4.92. The molecule has 104 valence electrons. The summed E-state index contributed by atoms with van der Waals surface area (Å²) in [5.74, 6) is -0.653. The Labute approximate surface area is 132 Å². The van der Waals surface area contributed by atoms with Crippen LogP contribution < -0.4 is 5.32 Å². The predicted octanol–water partition coefficient (Wildman–Crippen LogP) is 4.26. The average Bonchev–Trinajstić information content (AvgIpc) is 2.45. The van der Waals surface area contributed by atoms with Gasteiger partial charge in [0.15, 0.2) is 0 Å². The molecule has 0 spiro atoms. The highest BCUT2D eigenvalue weighted by molar-refractivity contribution is 6.76. The molecule has 2 nitrogen and oxygen atoms in total. The summed E-state index contributed by atoms with van der Waals surface area (Å²) in [7, 11) is 0. The highest BCUT2D eigenvalue weighted by atomic mass is 35.6. The highest BCUT2D eigenvalue weighted by Crippen LogP contribution is 2.29. The molecular formula is C15H12Cl3NO. The monoisotopic (exact) mass is 327 g/mol. The van der Waals surface area contributed by atoms with Gasteiger partial charge in [-0.3, -0.25) is 4.79 Å². The fourth-order valence-electron chi connectivity index (χ4n) is 1.86. The number of rotatable bonds is 3. The number of nitrogens with one attached hydrogen (secondary N) is 1. The van der Waals surface area contributed by atoms with E-state index in [-0.39, 0.29) is 6.04 Å². The number of halogens is 3. The zero-order chi connectivity index (χ0) is 14.6. The predicted molar refractivity (Wildman–Crippen MR) is 83.2 cm³/mol. The number of hydrogen-bond donors (Lipinski definition) is 1. The van der Waals surface area contributed by atoms with Crippen LogP contribution >= 0.6 is 34.8 Å². The van der Waals surface area contributed by atoms with E-state index >= 15 is 0 Å². The third kappa shape index (κ3) is 3.89. The summed E-state index contributed by atoms with van der Waals surface area (Å²) in [6.07, 6.45) is 0. The van der Waals surface area contributed by atoms with Crippen molar-refractivity contribution >= 4 is 40.7 Å². The first-order valence-corrected chi connectivity index (χ1v) is 7.09. The van der Waals surface area contributed by atoms with Crippen molar-refractivity contribution in [2.45, 2.75) is 9.83 Å². The molecule has 0 aliphatic rings. The van der Waals surface area contributed by atoms with E-state index in [9.17, 15) is 4.79 Å². The number of amides is 1. The molecule has 2 rings (SSSR count). The van der Waals surface area contributed by atoms with Crippen molar-refractivity contribution in [1.29, 1.82) is 0 Å². The second-order valence-corrected chi connectivity index (χ2v) is 6.51. The van der Waals surface area contributed by atoms with Gasteiger partial charge in [-0.05, 0) is 11.1 Å². The third-order valence-electron chi connectivity index (χ3n) is 2.80. The first kappa shape index (κ1) is 15.2. The lowest BCUT2D eigenvalue weighted by atomic mass is 9.99. The molecule has 20 heavy (non-hydrogen) atoms. The number of benzene rings is 2.